The van der Waals surface area contributed by atoms with Crippen LogP contribution >= 0.6 is 12.2 Å². The molecule has 1 amide bonds. The summed E-state index contributed by atoms with van der Waals surface area (Å²) < 4.78 is 5.12. The van der Waals surface area contributed by atoms with Gasteiger partial charge in [-0.3, -0.25) is 4.79 Å². The standard InChI is InChI=1S/C14H14N2O2S/c1-9-5-6-18-12(9)14(17)16-8-10-3-2-4-11(7-10)13(15)19/h2-7H,8H2,1H3,(H2,15,19)(H,16,17). The van der Waals surface area contributed by atoms with Gasteiger partial charge in [-0.1, -0.05) is 30.4 Å². The van der Waals surface area contributed by atoms with Gasteiger partial charge in [0.2, 0.25) is 0 Å². The van der Waals surface area contributed by atoms with Gasteiger partial charge < -0.3 is 15.5 Å². The molecule has 0 saturated carbocycles. The molecule has 2 rings (SSSR count). The van der Waals surface area contributed by atoms with E-state index in [4.69, 9.17) is 22.4 Å². The molecule has 0 unspecified atom stereocenters. The van der Waals surface area contributed by atoms with Gasteiger partial charge in [-0.05, 0) is 24.6 Å². The first kappa shape index (κ1) is 13.3. The molecule has 0 aliphatic rings. The van der Waals surface area contributed by atoms with Crippen LogP contribution in [0.2, 0.25) is 0 Å². The summed E-state index contributed by atoms with van der Waals surface area (Å²) in [7, 11) is 0. The number of hydrogen-bond donors (Lipinski definition) is 2. The molecule has 98 valence electrons. The molecule has 1 aromatic heterocycles. The maximum absolute atomic E-state index is 11.9. The molecule has 0 spiro atoms. The molecule has 19 heavy (non-hydrogen) atoms. The topological polar surface area (TPSA) is 68.3 Å². The molecule has 3 N–H and O–H groups in total. The van der Waals surface area contributed by atoms with Crippen molar-refractivity contribution in [1.82, 2.24) is 5.32 Å². The van der Waals surface area contributed by atoms with Crippen molar-refractivity contribution in [3.63, 3.8) is 0 Å². The summed E-state index contributed by atoms with van der Waals surface area (Å²) in [6, 6.07) is 9.20. The fourth-order valence-electron chi connectivity index (χ4n) is 1.70. The first-order chi connectivity index (χ1) is 9.08. The second kappa shape index (κ2) is 5.67. The predicted molar refractivity (Wildman–Crippen MR) is 76.9 cm³/mol. The average Bonchev–Trinajstić information content (AvgIpc) is 2.82. The monoisotopic (exact) mass is 274 g/mol. The Kier molecular flexibility index (Phi) is 3.97. The van der Waals surface area contributed by atoms with Crippen LogP contribution in [-0.2, 0) is 6.54 Å². The molecular weight excluding hydrogens is 260 g/mol. The lowest BCUT2D eigenvalue weighted by atomic mass is 10.1. The molecule has 0 aliphatic heterocycles. The maximum atomic E-state index is 11.9. The first-order valence-corrected chi connectivity index (χ1v) is 6.20. The van der Waals surface area contributed by atoms with Crippen LogP contribution in [0.4, 0.5) is 0 Å². The van der Waals surface area contributed by atoms with E-state index < -0.39 is 0 Å². The van der Waals surface area contributed by atoms with Crippen molar-refractivity contribution in [1.29, 1.82) is 0 Å². The lowest BCUT2D eigenvalue weighted by Gasteiger charge is -2.06. The number of benzene rings is 1. The maximum Gasteiger partial charge on any atom is 0.287 e. The number of furan rings is 1. The molecule has 4 nitrogen and oxygen atoms in total. The summed E-state index contributed by atoms with van der Waals surface area (Å²) in [5, 5.41) is 2.79. The van der Waals surface area contributed by atoms with Crippen LogP contribution in [0.5, 0.6) is 0 Å². The second-order valence-electron chi connectivity index (χ2n) is 4.18. The Morgan fingerprint density at radius 1 is 1.42 bits per heavy atom. The molecular formula is C14H14N2O2S. The molecule has 0 aliphatic carbocycles. The Morgan fingerprint density at radius 3 is 2.84 bits per heavy atom. The van der Waals surface area contributed by atoms with E-state index in [0.29, 0.717) is 17.3 Å². The van der Waals surface area contributed by atoms with E-state index in [2.05, 4.69) is 5.32 Å². The Balaban J connectivity index is 2.03. The van der Waals surface area contributed by atoms with Crippen LogP contribution < -0.4 is 11.1 Å². The van der Waals surface area contributed by atoms with Crippen molar-refractivity contribution in [2.45, 2.75) is 13.5 Å². The minimum atomic E-state index is -0.233. The van der Waals surface area contributed by atoms with E-state index in [0.717, 1.165) is 16.7 Å². The summed E-state index contributed by atoms with van der Waals surface area (Å²) in [5.74, 6) is 0.105. The third-order valence-electron chi connectivity index (χ3n) is 2.73. The molecule has 0 atom stereocenters. The van der Waals surface area contributed by atoms with Crippen molar-refractivity contribution in [2.24, 2.45) is 5.73 Å². The fraction of sp³-hybridized carbons (Fsp3) is 0.143. The van der Waals surface area contributed by atoms with Gasteiger partial charge in [0.25, 0.3) is 5.91 Å². The van der Waals surface area contributed by atoms with E-state index >= 15 is 0 Å². The zero-order chi connectivity index (χ0) is 13.8. The number of carbonyl (C=O) groups is 1. The third kappa shape index (κ3) is 3.20. The highest BCUT2D eigenvalue weighted by atomic mass is 32.1. The van der Waals surface area contributed by atoms with E-state index in [9.17, 15) is 4.79 Å². The van der Waals surface area contributed by atoms with Gasteiger partial charge in [0.1, 0.15) is 4.99 Å². The minimum Gasteiger partial charge on any atom is -0.459 e. The van der Waals surface area contributed by atoms with Crippen molar-refractivity contribution in [3.8, 4) is 0 Å². The molecule has 0 radical (unpaired) electrons. The van der Waals surface area contributed by atoms with Crippen molar-refractivity contribution >= 4 is 23.1 Å². The van der Waals surface area contributed by atoms with Gasteiger partial charge in [0, 0.05) is 17.7 Å². The molecule has 5 heteroatoms. The number of thiocarbonyl (C=S) groups is 1. The zero-order valence-electron chi connectivity index (χ0n) is 10.5. The largest absolute Gasteiger partial charge is 0.459 e. The number of aryl methyl sites for hydroxylation is 1. The van der Waals surface area contributed by atoms with Crippen LogP contribution in [0, 0.1) is 6.92 Å². The van der Waals surface area contributed by atoms with Crippen LogP contribution in [-0.4, -0.2) is 10.9 Å². The number of carbonyl (C=O) groups excluding carboxylic acids is 1. The number of nitrogens with one attached hydrogen (secondary N) is 1. The van der Waals surface area contributed by atoms with Gasteiger partial charge in [-0.25, -0.2) is 0 Å². The SMILES string of the molecule is Cc1ccoc1C(=O)NCc1cccc(C(N)=S)c1. The van der Waals surface area contributed by atoms with Crippen molar-refractivity contribution in [2.75, 3.05) is 0 Å². The minimum absolute atomic E-state index is 0.233. The molecule has 1 heterocycles. The second-order valence-corrected chi connectivity index (χ2v) is 4.62. The molecule has 0 saturated heterocycles. The van der Waals surface area contributed by atoms with Crippen LogP contribution in [0.25, 0.3) is 0 Å². The normalized spacial score (nSPS) is 10.2. The van der Waals surface area contributed by atoms with Crippen LogP contribution in [0.1, 0.15) is 27.2 Å². The Hall–Kier alpha value is -2.14. The average molecular weight is 274 g/mol. The summed E-state index contributed by atoms with van der Waals surface area (Å²) in [5.41, 5.74) is 8.10. The quantitative estimate of drug-likeness (QED) is 0.838. The summed E-state index contributed by atoms with van der Waals surface area (Å²) in [4.78, 5) is 12.2. The first-order valence-electron chi connectivity index (χ1n) is 5.79. The number of amides is 1. The van der Waals surface area contributed by atoms with Gasteiger partial charge >= 0.3 is 0 Å². The van der Waals surface area contributed by atoms with Gasteiger partial charge in [-0.15, -0.1) is 0 Å². The van der Waals surface area contributed by atoms with E-state index in [-0.39, 0.29) is 5.91 Å². The smallest absolute Gasteiger partial charge is 0.287 e. The molecule has 1 aromatic carbocycles. The summed E-state index contributed by atoms with van der Waals surface area (Å²) in [6.45, 7) is 2.22. The van der Waals surface area contributed by atoms with Crippen molar-refractivity contribution in [3.05, 3.63) is 59.0 Å². The van der Waals surface area contributed by atoms with Gasteiger partial charge in [0.15, 0.2) is 5.76 Å². The zero-order valence-corrected chi connectivity index (χ0v) is 11.3. The Bertz CT molecular complexity index is 619. The van der Waals surface area contributed by atoms with Gasteiger partial charge in [-0.2, -0.15) is 0 Å². The Morgan fingerprint density at radius 2 is 2.21 bits per heavy atom. The predicted octanol–water partition coefficient (Wildman–Crippen LogP) is 2.15. The lowest BCUT2D eigenvalue weighted by Crippen LogP contribution is -2.23. The van der Waals surface area contributed by atoms with Crippen LogP contribution in [0.15, 0.2) is 41.0 Å². The highest BCUT2D eigenvalue weighted by molar-refractivity contribution is 7.80. The fourth-order valence-corrected chi connectivity index (χ4v) is 1.83. The number of hydrogen-bond acceptors (Lipinski definition) is 3. The highest BCUT2D eigenvalue weighted by Crippen LogP contribution is 2.09. The summed E-state index contributed by atoms with van der Waals surface area (Å²) >= 11 is 4.91. The molecule has 0 fully saturated rings. The van der Waals surface area contributed by atoms with Gasteiger partial charge in [0.05, 0.1) is 6.26 Å². The number of nitrogens with two attached hydrogens (primary N) is 1. The van der Waals surface area contributed by atoms with E-state index in [1.54, 1.807) is 6.07 Å². The molecule has 0 bridgehead atoms. The lowest BCUT2D eigenvalue weighted by molar-refractivity contribution is 0.0922. The highest BCUT2D eigenvalue weighted by Gasteiger charge is 2.11. The molecule has 2 aromatic rings. The van der Waals surface area contributed by atoms with Crippen molar-refractivity contribution < 1.29 is 9.21 Å². The van der Waals surface area contributed by atoms with Crippen LogP contribution in [0.3, 0.4) is 0 Å². The van der Waals surface area contributed by atoms with E-state index in [1.165, 1.54) is 6.26 Å². The number of rotatable bonds is 4. The summed E-state index contributed by atoms with van der Waals surface area (Å²) in [6.07, 6.45) is 1.50. The third-order valence-corrected chi connectivity index (χ3v) is 2.97. The Labute approximate surface area is 116 Å². The van der Waals surface area contributed by atoms with E-state index in [1.807, 2.05) is 31.2 Å².